The monoisotopic (exact) mass is 302 g/mol. The predicted molar refractivity (Wildman–Crippen MR) is 81.8 cm³/mol. The second-order valence-corrected chi connectivity index (χ2v) is 6.95. The molecule has 19 heavy (non-hydrogen) atoms. The quantitative estimate of drug-likeness (QED) is 0.787. The Morgan fingerprint density at radius 3 is 2.84 bits per heavy atom. The Kier molecular flexibility index (Phi) is 6.49. The minimum absolute atomic E-state index is 0.630. The van der Waals surface area contributed by atoms with E-state index in [1.165, 1.54) is 23.0 Å². The number of hydrogen-bond acceptors (Lipinski definition) is 6. The van der Waals surface area contributed by atoms with Gasteiger partial charge in [-0.3, -0.25) is 4.90 Å². The summed E-state index contributed by atoms with van der Waals surface area (Å²) < 4.78 is 7.19. The van der Waals surface area contributed by atoms with Crippen molar-refractivity contribution in [3.63, 3.8) is 0 Å². The molecule has 0 unspecified atom stereocenters. The van der Waals surface area contributed by atoms with Gasteiger partial charge >= 0.3 is 0 Å². The van der Waals surface area contributed by atoms with Gasteiger partial charge < -0.3 is 9.30 Å². The molecular weight excluding hydrogens is 280 g/mol. The zero-order valence-electron chi connectivity index (χ0n) is 11.6. The molecule has 2 rings (SSSR count). The van der Waals surface area contributed by atoms with Gasteiger partial charge in [0.2, 0.25) is 0 Å². The lowest BCUT2D eigenvalue weighted by Gasteiger charge is -2.25. The van der Waals surface area contributed by atoms with E-state index in [0.29, 0.717) is 12.6 Å². The molecule has 0 radical (unpaired) electrons. The van der Waals surface area contributed by atoms with E-state index in [2.05, 4.69) is 50.2 Å². The molecule has 108 valence electrons. The van der Waals surface area contributed by atoms with Gasteiger partial charge in [-0.25, -0.2) is 0 Å². The van der Waals surface area contributed by atoms with Gasteiger partial charge in [0, 0.05) is 42.7 Å². The van der Waals surface area contributed by atoms with Crippen molar-refractivity contribution in [3.8, 4) is 0 Å². The number of methoxy groups -OCH3 is 1. The zero-order valence-corrected chi connectivity index (χ0v) is 13.3. The molecule has 1 fully saturated rings. The minimum atomic E-state index is 0.630. The number of aromatic nitrogens is 3. The predicted octanol–water partition coefficient (Wildman–Crippen LogP) is 1.20. The van der Waals surface area contributed by atoms with Crippen LogP contribution >= 0.6 is 23.5 Å². The van der Waals surface area contributed by atoms with Crippen molar-refractivity contribution >= 4 is 23.5 Å². The van der Waals surface area contributed by atoms with Gasteiger partial charge in [0.05, 0.1) is 13.2 Å². The molecule has 0 bridgehead atoms. The van der Waals surface area contributed by atoms with Crippen molar-refractivity contribution in [2.75, 3.05) is 43.8 Å². The fourth-order valence-corrected chi connectivity index (χ4v) is 4.70. The first kappa shape index (κ1) is 15.2. The van der Waals surface area contributed by atoms with E-state index in [1.807, 2.05) is 0 Å². The van der Waals surface area contributed by atoms with Crippen LogP contribution in [0.1, 0.15) is 5.82 Å². The molecule has 1 aliphatic rings. The first-order chi connectivity index (χ1) is 9.31. The van der Waals surface area contributed by atoms with Crippen molar-refractivity contribution < 1.29 is 4.74 Å². The highest BCUT2D eigenvalue weighted by Gasteiger charge is 2.19. The summed E-state index contributed by atoms with van der Waals surface area (Å²) in [6.07, 6.45) is 1.79. The first-order valence-corrected chi connectivity index (χ1v) is 8.83. The maximum atomic E-state index is 5.11. The Morgan fingerprint density at radius 1 is 1.42 bits per heavy atom. The van der Waals surface area contributed by atoms with Crippen molar-refractivity contribution in [2.24, 2.45) is 0 Å². The van der Waals surface area contributed by atoms with E-state index in [1.54, 1.807) is 13.4 Å². The third kappa shape index (κ3) is 4.66. The highest BCUT2D eigenvalue weighted by molar-refractivity contribution is 8.03. The molecule has 1 aliphatic heterocycles. The zero-order chi connectivity index (χ0) is 13.5. The van der Waals surface area contributed by atoms with Gasteiger partial charge in [0.1, 0.15) is 12.2 Å². The smallest absolute Gasteiger partial charge is 0.147 e. The van der Waals surface area contributed by atoms with Gasteiger partial charge in [0.25, 0.3) is 0 Å². The van der Waals surface area contributed by atoms with Gasteiger partial charge in [-0.2, -0.15) is 23.5 Å². The Labute approximate surface area is 123 Å². The molecule has 0 N–H and O–H groups in total. The van der Waals surface area contributed by atoms with Crippen LogP contribution in [0.5, 0.6) is 0 Å². The van der Waals surface area contributed by atoms with Crippen LogP contribution < -0.4 is 0 Å². The summed E-state index contributed by atoms with van der Waals surface area (Å²) in [6.45, 7) is 2.38. The average Bonchev–Trinajstić information content (AvgIpc) is 2.67. The van der Waals surface area contributed by atoms with E-state index in [0.717, 1.165) is 18.9 Å². The third-order valence-electron chi connectivity index (χ3n) is 3.24. The number of rotatable bonds is 6. The van der Waals surface area contributed by atoms with E-state index in [4.69, 9.17) is 4.74 Å². The fourth-order valence-electron chi connectivity index (χ4n) is 1.99. The lowest BCUT2D eigenvalue weighted by molar-refractivity contribution is 0.183. The normalized spacial score (nSPS) is 17.8. The Hall–Kier alpha value is -0.240. The van der Waals surface area contributed by atoms with Crippen LogP contribution in [-0.4, -0.2) is 69.5 Å². The molecule has 1 aromatic heterocycles. The van der Waals surface area contributed by atoms with Crippen molar-refractivity contribution in [2.45, 2.75) is 19.1 Å². The minimum Gasteiger partial charge on any atom is -0.383 e. The maximum absolute atomic E-state index is 5.11. The van der Waals surface area contributed by atoms with Gasteiger partial charge in [-0.15, -0.1) is 10.2 Å². The van der Waals surface area contributed by atoms with Crippen LogP contribution in [-0.2, 0) is 17.8 Å². The Bertz CT molecular complexity index is 366. The largest absolute Gasteiger partial charge is 0.383 e. The van der Waals surface area contributed by atoms with Gasteiger partial charge in [-0.1, -0.05) is 0 Å². The second kappa shape index (κ2) is 8.14. The van der Waals surface area contributed by atoms with Crippen molar-refractivity contribution in [1.82, 2.24) is 19.7 Å². The summed E-state index contributed by atoms with van der Waals surface area (Å²) in [5.74, 6) is 6.02. The van der Waals surface area contributed by atoms with Gasteiger partial charge in [-0.05, 0) is 7.05 Å². The topological polar surface area (TPSA) is 43.2 Å². The summed E-state index contributed by atoms with van der Waals surface area (Å²) in [5.41, 5.74) is 0. The van der Waals surface area contributed by atoms with E-state index in [9.17, 15) is 0 Å². The first-order valence-electron chi connectivity index (χ1n) is 6.52. The summed E-state index contributed by atoms with van der Waals surface area (Å²) >= 11 is 4.12. The molecule has 0 spiro atoms. The standard InChI is InChI=1S/C12H22N4OS2/c1-15(11-8-18-5-6-19-9-11)7-12-14-13-10-16(12)3-4-17-2/h10-11H,3-9H2,1-2H3. The summed E-state index contributed by atoms with van der Waals surface area (Å²) in [7, 11) is 3.91. The lowest BCUT2D eigenvalue weighted by Crippen LogP contribution is -2.35. The maximum Gasteiger partial charge on any atom is 0.147 e. The van der Waals surface area contributed by atoms with E-state index >= 15 is 0 Å². The molecule has 0 aromatic carbocycles. The molecule has 1 saturated heterocycles. The van der Waals surface area contributed by atoms with Crippen LogP contribution in [0.15, 0.2) is 6.33 Å². The number of hydrogen-bond donors (Lipinski definition) is 0. The van der Waals surface area contributed by atoms with Crippen LogP contribution in [0.2, 0.25) is 0 Å². The summed E-state index contributed by atoms with van der Waals surface area (Å²) in [4.78, 5) is 2.40. The molecule has 2 heterocycles. The van der Waals surface area contributed by atoms with Crippen molar-refractivity contribution in [3.05, 3.63) is 12.2 Å². The molecule has 7 heteroatoms. The molecule has 0 saturated carbocycles. The van der Waals surface area contributed by atoms with E-state index in [-0.39, 0.29) is 0 Å². The SMILES string of the molecule is COCCn1cnnc1CN(C)C1CSCCSC1. The summed E-state index contributed by atoms with van der Waals surface area (Å²) in [5, 5.41) is 8.24. The lowest BCUT2D eigenvalue weighted by atomic mass is 10.3. The van der Waals surface area contributed by atoms with E-state index < -0.39 is 0 Å². The fraction of sp³-hybridized carbons (Fsp3) is 0.833. The molecule has 0 aliphatic carbocycles. The van der Waals surface area contributed by atoms with Gasteiger partial charge in [0.15, 0.2) is 0 Å². The average molecular weight is 302 g/mol. The second-order valence-electron chi connectivity index (χ2n) is 4.65. The summed E-state index contributed by atoms with van der Waals surface area (Å²) in [6, 6.07) is 0.630. The number of nitrogens with zero attached hydrogens (tertiary/aromatic N) is 4. The van der Waals surface area contributed by atoms with Crippen molar-refractivity contribution in [1.29, 1.82) is 0 Å². The molecule has 5 nitrogen and oxygen atoms in total. The van der Waals surface area contributed by atoms with Crippen LogP contribution in [0, 0.1) is 0 Å². The van der Waals surface area contributed by atoms with Crippen LogP contribution in [0.25, 0.3) is 0 Å². The highest BCUT2D eigenvalue weighted by Crippen LogP contribution is 2.20. The molecule has 0 atom stereocenters. The number of thioether (sulfide) groups is 2. The van der Waals surface area contributed by atoms with Crippen LogP contribution in [0.3, 0.4) is 0 Å². The Balaban J connectivity index is 1.90. The van der Waals surface area contributed by atoms with Crippen LogP contribution in [0.4, 0.5) is 0 Å². The number of ether oxygens (including phenoxy) is 1. The highest BCUT2D eigenvalue weighted by atomic mass is 32.2. The third-order valence-corrected chi connectivity index (χ3v) is 5.72. The Morgan fingerprint density at radius 2 is 2.16 bits per heavy atom. The molecule has 1 aromatic rings. The molecular formula is C12H22N4OS2. The molecule has 0 amide bonds.